The number of pyridine rings is 1. The summed E-state index contributed by atoms with van der Waals surface area (Å²) in [6, 6.07) is 11.4. The minimum Gasteiger partial charge on any atom is -0.478 e. The van der Waals surface area contributed by atoms with E-state index in [1.165, 1.54) is 11.3 Å². The molecule has 0 saturated heterocycles. The highest BCUT2D eigenvalue weighted by atomic mass is 32.1. The fourth-order valence-electron chi connectivity index (χ4n) is 2.25. The zero-order chi connectivity index (χ0) is 19.3. The molecule has 3 aromatic rings. The van der Waals surface area contributed by atoms with E-state index in [9.17, 15) is 4.79 Å². The Morgan fingerprint density at radius 1 is 1.04 bits per heavy atom. The number of hydrogen-bond donors (Lipinski definition) is 1. The smallest absolute Gasteiger partial charge is 0.269 e. The highest BCUT2D eigenvalue weighted by molar-refractivity contribution is 7.15. The third-order valence-electron chi connectivity index (χ3n) is 3.72. The number of anilines is 1. The molecule has 0 fully saturated rings. The molecule has 1 aromatic carbocycles. The molecule has 6 nitrogen and oxygen atoms in total. The lowest BCUT2D eigenvalue weighted by atomic mass is 10.1. The van der Waals surface area contributed by atoms with Gasteiger partial charge in [0.1, 0.15) is 10.8 Å². The molecule has 0 saturated carbocycles. The number of hydrogen-bond acceptors (Lipinski definition) is 6. The first-order valence-electron chi connectivity index (χ1n) is 8.41. The van der Waals surface area contributed by atoms with E-state index in [-0.39, 0.29) is 5.91 Å². The van der Waals surface area contributed by atoms with Crippen molar-refractivity contribution in [2.24, 2.45) is 0 Å². The molecule has 0 spiro atoms. The lowest BCUT2D eigenvalue weighted by molar-refractivity contribution is -0.128. The summed E-state index contributed by atoms with van der Waals surface area (Å²) < 4.78 is 5.87. The van der Waals surface area contributed by atoms with Crippen LogP contribution in [0.3, 0.4) is 0 Å². The molecule has 3 rings (SSSR count). The minimum absolute atomic E-state index is 0.277. The van der Waals surface area contributed by atoms with Crippen molar-refractivity contribution in [3.8, 4) is 5.75 Å². The number of carbonyl (C=O) groups excluding carboxylic acids is 1. The van der Waals surface area contributed by atoms with Gasteiger partial charge in [0.15, 0.2) is 5.60 Å². The molecule has 0 aliphatic heterocycles. The SMILES string of the molecule is Cc1nnc(NC(=O)C(C)(C)Oc2ccc(/C=C/c3ccncc3)cc2)s1. The zero-order valence-corrected chi connectivity index (χ0v) is 16.2. The van der Waals surface area contributed by atoms with Crippen molar-refractivity contribution in [1.82, 2.24) is 15.2 Å². The molecule has 0 radical (unpaired) electrons. The Bertz CT molecular complexity index is 934. The molecule has 0 atom stereocenters. The highest BCUT2D eigenvalue weighted by Crippen LogP contribution is 2.22. The van der Waals surface area contributed by atoms with E-state index in [2.05, 4.69) is 20.5 Å². The summed E-state index contributed by atoms with van der Waals surface area (Å²) in [6.07, 6.45) is 7.54. The van der Waals surface area contributed by atoms with Crippen molar-refractivity contribution in [1.29, 1.82) is 0 Å². The third-order valence-corrected chi connectivity index (χ3v) is 4.47. The van der Waals surface area contributed by atoms with E-state index < -0.39 is 5.60 Å². The number of ether oxygens (including phenoxy) is 1. The Morgan fingerprint density at radius 3 is 2.26 bits per heavy atom. The number of benzene rings is 1. The Balaban J connectivity index is 1.62. The summed E-state index contributed by atoms with van der Waals surface area (Å²) >= 11 is 1.32. The molecular weight excluding hydrogens is 360 g/mol. The second-order valence-corrected chi connectivity index (χ2v) is 7.56. The van der Waals surface area contributed by atoms with E-state index in [0.717, 1.165) is 16.1 Å². The molecule has 27 heavy (non-hydrogen) atoms. The third kappa shape index (κ3) is 5.21. The van der Waals surface area contributed by atoms with Crippen molar-refractivity contribution in [3.05, 3.63) is 64.9 Å². The molecule has 138 valence electrons. The van der Waals surface area contributed by atoms with Crippen LogP contribution in [0.25, 0.3) is 12.2 Å². The van der Waals surface area contributed by atoms with Crippen LogP contribution in [0.4, 0.5) is 5.13 Å². The van der Waals surface area contributed by atoms with Gasteiger partial charge in [-0.05, 0) is 56.2 Å². The number of amides is 1. The van der Waals surface area contributed by atoms with Crippen LogP contribution < -0.4 is 10.1 Å². The van der Waals surface area contributed by atoms with Crippen LogP contribution in [-0.4, -0.2) is 26.7 Å². The summed E-state index contributed by atoms with van der Waals surface area (Å²) in [6.45, 7) is 5.26. The van der Waals surface area contributed by atoms with Crippen LogP contribution in [0.2, 0.25) is 0 Å². The van der Waals surface area contributed by atoms with Crippen LogP contribution in [0.15, 0.2) is 48.8 Å². The summed E-state index contributed by atoms with van der Waals surface area (Å²) in [5, 5.41) is 11.8. The van der Waals surface area contributed by atoms with Gasteiger partial charge in [-0.15, -0.1) is 10.2 Å². The molecule has 1 amide bonds. The van der Waals surface area contributed by atoms with Crippen LogP contribution in [-0.2, 0) is 4.79 Å². The van der Waals surface area contributed by atoms with E-state index in [1.807, 2.05) is 55.5 Å². The van der Waals surface area contributed by atoms with Crippen LogP contribution >= 0.6 is 11.3 Å². The maximum Gasteiger partial charge on any atom is 0.269 e. The summed E-state index contributed by atoms with van der Waals surface area (Å²) in [7, 11) is 0. The Kier molecular flexibility index (Phi) is 5.61. The molecule has 7 heteroatoms. The van der Waals surface area contributed by atoms with Crippen molar-refractivity contribution < 1.29 is 9.53 Å². The topological polar surface area (TPSA) is 77.0 Å². The first-order valence-corrected chi connectivity index (χ1v) is 9.23. The quantitative estimate of drug-likeness (QED) is 0.693. The number of aryl methyl sites for hydroxylation is 1. The van der Waals surface area contributed by atoms with E-state index in [4.69, 9.17) is 4.74 Å². The Morgan fingerprint density at radius 2 is 1.67 bits per heavy atom. The number of rotatable bonds is 6. The standard InChI is InChI=1S/C20H20N4O2S/c1-14-23-24-19(27-14)22-18(25)20(2,3)26-17-8-6-15(7-9-17)4-5-16-10-12-21-13-11-16/h4-13H,1-3H3,(H,22,24,25)/b5-4+. The van der Waals surface area contributed by atoms with E-state index >= 15 is 0 Å². The van der Waals surface area contributed by atoms with Gasteiger partial charge < -0.3 is 4.74 Å². The van der Waals surface area contributed by atoms with Gasteiger partial charge in [0.2, 0.25) is 5.13 Å². The molecule has 0 aliphatic rings. The van der Waals surface area contributed by atoms with Gasteiger partial charge in [-0.1, -0.05) is 35.6 Å². The van der Waals surface area contributed by atoms with Gasteiger partial charge in [0.05, 0.1) is 0 Å². The largest absolute Gasteiger partial charge is 0.478 e. The maximum atomic E-state index is 12.5. The highest BCUT2D eigenvalue weighted by Gasteiger charge is 2.30. The molecule has 2 heterocycles. The normalized spacial score (nSPS) is 11.5. The molecule has 2 aromatic heterocycles. The monoisotopic (exact) mass is 380 g/mol. The average Bonchev–Trinajstić information content (AvgIpc) is 3.06. The minimum atomic E-state index is -1.05. The summed E-state index contributed by atoms with van der Waals surface area (Å²) in [5.74, 6) is 0.338. The number of nitrogens with zero attached hydrogens (tertiary/aromatic N) is 3. The molecular formula is C20H20N4O2S. The Labute approximate surface area is 162 Å². The average molecular weight is 380 g/mol. The number of aromatic nitrogens is 3. The molecule has 0 bridgehead atoms. The fourth-order valence-corrected chi connectivity index (χ4v) is 2.84. The second kappa shape index (κ2) is 8.09. The summed E-state index contributed by atoms with van der Waals surface area (Å²) in [5.41, 5.74) is 1.06. The van der Waals surface area contributed by atoms with Gasteiger partial charge >= 0.3 is 0 Å². The molecule has 1 N–H and O–H groups in total. The lowest BCUT2D eigenvalue weighted by Crippen LogP contribution is -2.42. The van der Waals surface area contributed by atoms with Gasteiger partial charge in [0.25, 0.3) is 5.91 Å². The van der Waals surface area contributed by atoms with Crippen LogP contribution in [0, 0.1) is 6.92 Å². The first-order chi connectivity index (χ1) is 12.9. The number of carbonyl (C=O) groups is 1. The van der Waals surface area contributed by atoms with Gasteiger partial charge in [-0.2, -0.15) is 0 Å². The van der Waals surface area contributed by atoms with Crippen molar-refractivity contribution in [2.75, 3.05) is 5.32 Å². The second-order valence-electron chi connectivity index (χ2n) is 6.38. The fraction of sp³-hybridized carbons (Fsp3) is 0.200. The van der Waals surface area contributed by atoms with Gasteiger partial charge in [0, 0.05) is 12.4 Å². The van der Waals surface area contributed by atoms with E-state index in [0.29, 0.717) is 10.9 Å². The van der Waals surface area contributed by atoms with Crippen LogP contribution in [0.1, 0.15) is 30.0 Å². The molecule has 0 aliphatic carbocycles. The number of nitrogens with one attached hydrogen (secondary N) is 1. The summed E-state index contributed by atoms with van der Waals surface area (Å²) in [4.78, 5) is 16.5. The van der Waals surface area contributed by atoms with Gasteiger partial charge in [-0.3, -0.25) is 15.1 Å². The van der Waals surface area contributed by atoms with Gasteiger partial charge in [-0.25, -0.2) is 0 Å². The Hall–Kier alpha value is -3.06. The van der Waals surface area contributed by atoms with E-state index in [1.54, 1.807) is 26.2 Å². The predicted octanol–water partition coefficient (Wildman–Crippen LogP) is 4.21. The molecule has 0 unspecified atom stereocenters. The first kappa shape index (κ1) is 18.7. The predicted molar refractivity (Wildman–Crippen MR) is 108 cm³/mol. The maximum absolute atomic E-state index is 12.5. The van der Waals surface area contributed by atoms with Crippen molar-refractivity contribution >= 4 is 34.5 Å². The van der Waals surface area contributed by atoms with Crippen molar-refractivity contribution in [2.45, 2.75) is 26.4 Å². The van der Waals surface area contributed by atoms with Crippen LogP contribution in [0.5, 0.6) is 5.75 Å². The van der Waals surface area contributed by atoms with Crippen molar-refractivity contribution in [3.63, 3.8) is 0 Å². The lowest BCUT2D eigenvalue weighted by Gasteiger charge is -2.24. The zero-order valence-electron chi connectivity index (χ0n) is 15.3.